The number of benzene rings is 2. The van der Waals surface area contributed by atoms with Gasteiger partial charge in [0.05, 0.1) is 17.5 Å². The number of ether oxygens (including phenoxy) is 1. The van der Waals surface area contributed by atoms with Gasteiger partial charge in [0, 0.05) is 36.5 Å². The van der Waals surface area contributed by atoms with Gasteiger partial charge < -0.3 is 9.64 Å². The first-order chi connectivity index (χ1) is 16.8. The van der Waals surface area contributed by atoms with Crippen LogP contribution >= 0.6 is 11.6 Å². The van der Waals surface area contributed by atoms with Crippen LogP contribution < -0.4 is 5.56 Å². The summed E-state index contributed by atoms with van der Waals surface area (Å²) in [6, 6.07) is 13.9. The summed E-state index contributed by atoms with van der Waals surface area (Å²) in [7, 11) is 3.06. The van der Waals surface area contributed by atoms with E-state index >= 15 is 0 Å². The maximum absolute atomic E-state index is 13.2. The summed E-state index contributed by atoms with van der Waals surface area (Å²) < 4.78 is 6.46. The second-order valence-electron chi connectivity index (χ2n) is 8.68. The van der Waals surface area contributed by atoms with Crippen molar-refractivity contribution in [3.05, 3.63) is 75.2 Å². The van der Waals surface area contributed by atoms with E-state index in [1.807, 2.05) is 0 Å². The summed E-state index contributed by atoms with van der Waals surface area (Å²) in [5, 5.41) is 5.61. The van der Waals surface area contributed by atoms with Gasteiger partial charge in [0.15, 0.2) is 12.4 Å². The summed E-state index contributed by atoms with van der Waals surface area (Å²) in [5.74, 6) is -1.25. The van der Waals surface area contributed by atoms with Gasteiger partial charge in [-0.3, -0.25) is 19.2 Å². The molecular weight excluding hydrogens is 470 g/mol. The summed E-state index contributed by atoms with van der Waals surface area (Å²) in [6.45, 7) is -0.529. The fourth-order valence-electron chi connectivity index (χ4n) is 4.78. The highest BCUT2D eigenvalue weighted by atomic mass is 35.5. The number of carbonyl (C=O) groups excluding carboxylic acids is 3. The van der Waals surface area contributed by atoms with Crippen molar-refractivity contribution in [1.29, 1.82) is 0 Å². The van der Waals surface area contributed by atoms with E-state index in [9.17, 15) is 19.2 Å². The SMILES string of the molecule is CN(C(=O)COC(=O)Cc1nn(C)c(=O)c2ccccc12)C1(c2ccccc2Cl)CCCCC1=O. The first-order valence-electron chi connectivity index (χ1n) is 11.4. The molecule has 1 fully saturated rings. The number of ketones is 1. The lowest BCUT2D eigenvalue weighted by atomic mass is 9.74. The molecule has 4 rings (SSSR count). The number of likely N-dealkylation sites (N-methyl/N-ethyl adjacent to an activating group) is 1. The van der Waals surface area contributed by atoms with Gasteiger partial charge in [-0.1, -0.05) is 48.0 Å². The van der Waals surface area contributed by atoms with Gasteiger partial charge in [0.2, 0.25) is 0 Å². The van der Waals surface area contributed by atoms with Crippen LogP contribution in [0.4, 0.5) is 0 Å². The number of amides is 1. The molecule has 0 saturated heterocycles. The van der Waals surface area contributed by atoms with Crippen LogP contribution in [0.15, 0.2) is 53.3 Å². The Morgan fingerprint density at radius 1 is 1.09 bits per heavy atom. The molecule has 1 unspecified atom stereocenters. The lowest BCUT2D eigenvalue weighted by molar-refractivity contribution is -0.157. The minimum absolute atomic E-state index is 0.0834. The quantitative estimate of drug-likeness (QED) is 0.487. The lowest BCUT2D eigenvalue weighted by Crippen LogP contribution is -2.55. The van der Waals surface area contributed by atoms with Gasteiger partial charge >= 0.3 is 5.97 Å². The summed E-state index contributed by atoms with van der Waals surface area (Å²) in [6.07, 6.45) is 2.09. The van der Waals surface area contributed by atoms with E-state index in [2.05, 4.69) is 5.10 Å². The number of hydrogen-bond acceptors (Lipinski definition) is 6. The summed E-state index contributed by atoms with van der Waals surface area (Å²) >= 11 is 6.44. The maximum atomic E-state index is 13.2. The van der Waals surface area contributed by atoms with Crippen molar-refractivity contribution in [1.82, 2.24) is 14.7 Å². The molecule has 1 aliphatic rings. The topological polar surface area (TPSA) is 98.6 Å². The average molecular weight is 496 g/mol. The lowest BCUT2D eigenvalue weighted by Gasteiger charge is -2.43. The number of Topliss-reactive ketones (excluding diaryl/α,β-unsaturated/α-hetero) is 1. The highest BCUT2D eigenvalue weighted by Crippen LogP contribution is 2.42. The van der Waals surface area contributed by atoms with E-state index in [1.54, 1.807) is 55.6 Å². The third-order valence-electron chi connectivity index (χ3n) is 6.62. The van der Waals surface area contributed by atoms with E-state index in [-0.39, 0.29) is 17.8 Å². The number of hydrogen-bond donors (Lipinski definition) is 0. The minimum atomic E-state index is -1.20. The van der Waals surface area contributed by atoms with Crippen molar-refractivity contribution in [2.24, 2.45) is 7.05 Å². The van der Waals surface area contributed by atoms with Crippen LogP contribution in [0.3, 0.4) is 0 Å². The standard InChI is InChI=1S/C26H26ClN3O5/c1-29(26(14-8-7-13-22(26)31)19-11-5-6-12-20(19)27)23(32)16-35-24(33)15-21-17-9-3-4-10-18(17)25(34)30(2)28-21/h3-6,9-12H,7-8,13-16H2,1-2H3. The van der Waals surface area contributed by atoms with Gasteiger partial charge in [0.1, 0.15) is 5.54 Å². The second-order valence-corrected chi connectivity index (χ2v) is 9.09. The zero-order chi connectivity index (χ0) is 25.2. The predicted octanol–water partition coefficient (Wildman–Crippen LogP) is 3.17. The van der Waals surface area contributed by atoms with Crippen LogP contribution in [-0.2, 0) is 38.1 Å². The Balaban J connectivity index is 1.52. The van der Waals surface area contributed by atoms with Crippen molar-refractivity contribution in [2.45, 2.75) is 37.6 Å². The van der Waals surface area contributed by atoms with Gasteiger partial charge in [-0.25, -0.2) is 4.68 Å². The van der Waals surface area contributed by atoms with Crippen molar-refractivity contribution < 1.29 is 19.1 Å². The first-order valence-corrected chi connectivity index (χ1v) is 11.8. The zero-order valence-corrected chi connectivity index (χ0v) is 20.4. The minimum Gasteiger partial charge on any atom is -0.455 e. The number of fused-ring (bicyclic) bond motifs is 1. The van der Waals surface area contributed by atoms with E-state index in [1.165, 1.54) is 16.6 Å². The second kappa shape index (κ2) is 10.00. The van der Waals surface area contributed by atoms with Crippen molar-refractivity contribution in [2.75, 3.05) is 13.7 Å². The molecule has 1 amide bonds. The number of carbonyl (C=O) groups is 3. The molecule has 35 heavy (non-hydrogen) atoms. The highest BCUT2D eigenvalue weighted by molar-refractivity contribution is 6.31. The smallest absolute Gasteiger partial charge is 0.312 e. The molecule has 1 atom stereocenters. The number of aryl methyl sites for hydroxylation is 1. The Hall–Kier alpha value is -3.52. The third-order valence-corrected chi connectivity index (χ3v) is 6.95. The Labute approximate surface area is 207 Å². The molecule has 1 aromatic heterocycles. The Morgan fingerprint density at radius 2 is 1.77 bits per heavy atom. The number of nitrogens with zero attached hydrogens (tertiary/aromatic N) is 3. The molecule has 9 heteroatoms. The molecule has 3 aromatic rings. The Morgan fingerprint density at radius 3 is 2.49 bits per heavy atom. The van der Waals surface area contributed by atoms with Crippen LogP contribution in [0.5, 0.6) is 0 Å². The fraction of sp³-hybridized carbons (Fsp3) is 0.346. The van der Waals surface area contributed by atoms with Gasteiger partial charge in [0.25, 0.3) is 11.5 Å². The predicted molar refractivity (Wildman–Crippen MR) is 131 cm³/mol. The third kappa shape index (κ3) is 4.58. The monoisotopic (exact) mass is 495 g/mol. The zero-order valence-electron chi connectivity index (χ0n) is 19.6. The number of esters is 1. The van der Waals surface area contributed by atoms with Gasteiger partial charge in [-0.15, -0.1) is 0 Å². The van der Waals surface area contributed by atoms with Crippen LogP contribution in [0.1, 0.15) is 36.9 Å². The molecule has 2 aromatic carbocycles. The van der Waals surface area contributed by atoms with Gasteiger partial charge in [-0.2, -0.15) is 5.10 Å². The highest BCUT2D eigenvalue weighted by Gasteiger charge is 2.48. The van der Waals surface area contributed by atoms with Crippen molar-refractivity contribution in [3.63, 3.8) is 0 Å². The van der Waals surface area contributed by atoms with Gasteiger partial charge in [-0.05, 0) is 31.4 Å². The van der Waals surface area contributed by atoms with Crippen LogP contribution in [0.2, 0.25) is 5.02 Å². The number of halogens is 1. The molecule has 0 aliphatic heterocycles. The molecule has 0 N–H and O–H groups in total. The summed E-state index contributed by atoms with van der Waals surface area (Å²) in [5.41, 5.74) is -0.510. The number of rotatable bonds is 6. The molecule has 8 nitrogen and oxygen atoms in total. The first kappa shape index (κ1) is 24.6. The average Bonchev–Trinajstić information content (AvgIpc) is 2.86. The molecule has 182 valence electrons. The van der Waals surface area contributed by atoms with E-state index in [0.29, 0.717) is 39.9 Å². The maximum Gasteiger partial charge on any atom is 0.312 e. The van der Waals surface area contributed by atoms with Crippen molar-refractivity contribution in [3.8, 4) is 0 Å². The molecule has 0 radical (unpaired) electrons. The Kier molecular flexibility index (Phi) is 7.03. The largest absolute Gasteiger partial charge is 0.455 e. The van der Waals surface area contributed by atoms with Crippen LogP contribution in [0, 0.1) is 0 Å². The van der Waals surface area contributed by atoms with Crippen LogP contribution in [0.25, 0.3) is 10.8 Å². The van der Waals surface area contributed by atoms with E-state index in [4.69, 9.17) is 16.3 Å². The van der Waals surface area contributed by atoms with Crippen molar-refractivity contribution >= 4 is 40.0 Å². The molecule has 1 aliphatic carbocycles. The summed E-state index contributed by atoms with van der Waals surface area (Å²) in [4.78, 5) is 52.6. The van der Waals surface area contributed by atoms with E-state index in [0.717, 1.165) is 12.8 Å². The van der Waals surface area contributed by atoms with E-state index < -0.39 is 24.0 Å². The van der Waals surface area contributed by atoms with Crippen LogP contribution in [-0.4, -0.2) is 46.0 Å². The number of aromatic nitrogens is 2. The molecule has 0 bridgehead atoms. The molecule has 1 heterocycles. The molecular formula is C26H26ClN3O5. The molecule has 1 saturated carbocycles. The molecule has 0 spiro atoms. The Bertz CT molecular complexity index is 1370. The normalized spacial score (nSPS) is 17.9. The fourth-order valence-corrected chi connectivity index (χ4v) is 5.07.